The summed E-state index contributed by atoms with van der Waals surface area (Å²) in [5, 5.41) is 0. The van der Waals surface area contributed by atoms with Crippen LogP contribution < -0.4 is 0 Å². The first-order valence-electron chi connectivity index (χ1n) is 10.3. The summed E-state index contributed by atoms with van der Waals surface area (Å²) < 4.78 is -0.759. The molecule has 3 aromatic rings. The second-order valence-corrected chi connectivity index (χ2v) is 11.5. The number of hydrogen-bond donors (Lipinski definition) is 0. The Morgan fingerprint density at radius 2 is 0.767 bits per heavy atom. The smallest absolute Gasteiger partial charge is 0.103 e. The minimum atomic E-state index is -0.385. The van der Waals surface area contributed by atoms with Crippen molar-refractivity contribution in [1.29, 1.82) is 0 Å². The Morgan fingerprint density at radius 3 is 1.07 bits per heavy atom. The molecule has 0 fully saturated rings. The standard InChI is InChI=1S/C26H24Br2N2/c1-29(2)24-19-13-7-5-11-17(19)23(27)18-12-6-8-14-20(18)25(30(3)4,26(23,24)28)22-16-10-9-15-21(22)24/h5-16H,1-4H3/t23?,24-,25+,26?. The van der Waals surface area contributed by atoms with Gasteiger partial charge in [-0.05, 0) is 61.6 Å². The molecule has 0 amide bonds. The van der Waals surface area contributed by atoms with Gasteiger partial charge in [0.25, 0.3) is 0 Å². The van der Waals surface area contributed by atoms with E-state index in [0.717, 1.165) is 0 Å². The van der Waals surface area contributed by atoms with Crippen LogP contribution in [-0.4, -0.2) is 42.3 Å². The minimum absolute atomic E-state index is 0.340. The van der Waals surface area contributed by atoms with Crippen LogP contribution in [0.4, 0.5) is 0 Å². The Hall–Kier alpha value is -1.46. The van der Waals surface area contributed by atoms with Gasteiger partial charge in [0.1, 0.15) is 4.32 Å². The van der Waals surface area contributed by atoms with Crippen molar-refractivity contribution in [3.8, 4) is 0 Å². The lowest BCUT2D eigenvalue weighted by Gasteiger charge is -2.53. The Balaban J connectivity index is 1.96. The van der Waals surface area contributed by atoms with E-state index in [2.05, 4.69) is 143 Å². The molecule has 30 heavy (non-hydrogen) atoms. The molecule has 0 bridgehead atoms. The number of halogens is 2. The van der Waals surface area contributed by atoms with Gasteiger partial charge in [0.05, 0.1) is 15.4 Å². The van der Waals surface area contributed by atoms with Crippen LogP contribution in [0.25, 0.3) is 0 Å². The summed E-state index contributed by atoms with van der Waals surface area (Å²) in [6.07, 6.45) is 0. The molecule has 0 aromatic heterocycles. The molecule has 0 heterocycles. The van der Waals surface area contributed by atoms with E-state index in [1.54, 1.807) is 0 Å². The zero-order valence-corrected chi connectivity index (χ0v) is 20.8. The highest BCUT2D eigenvalue weighted by Crippen LogP contribution is 2.83. The summed E-state index contributed by atoms with van der Waals surface area (Å²) in [6.45, 7) is 0. The average molecular weight is 524 g/mol. The second kappa shape index (κ2) is 5.66. The van der Waals surface area contributed by atoms with Crippen molar-refractivity contribution < 1.29 is 0 Å². The number of nitrogens with zero attached hydrogens (tertiary/aromatic N) is 2. The van der Waals surface area contributed by atoms with Crippen molar-refractivity contribution >= 4 is 31.9 Å². The third-order valence-corrected chi connectivity index (χ3v) is 11.6. The zero-order chi connectivity index (χ0) is 21.1. The Kier molecular flexibility index (Phi) is 3.63. The molecule has 2 nitrogen and oxygen atoms in total. The van der Waals surface area contributed by atoms with E-state index in [0.29, 0.717) is 0 Å². The van der Waals surface area contributed by atoms with E-state index < -0.39 is 0 Å². The van der Waals surface area contributed by atoms with Gasteiger partial charge < -0.3 is 0 Å². The summed E-state index contributed by atoms with van der Waals surface area (Å²) in [4.78, 5) is 4.86. The van der Waals surface area contributed by atoms with Gasteiger partial charge in [-0.2, -0.15) is 0 Å². The lowest BCUT2D eigenvalue weighted by atomic mass is 9.74. The number of benzene rings is 3. The number of hydrogen-bond acceptors (Lipinski definition) is 2. The number of fused-ring (bicyclic) bond motifs is 9. The van der Waals surface area contributed by atoms with E-state index in [-0.39, 0.29) is 19.7 Å². The van der Waals surface area contributed by atoms with E-state index in [1.165, 1.54) is 33.4 Å². The van der Waals surface area contributed by atoms with Crippen LogP contribution in [0.2, 0.25) is 0 Å². The van der Waals surface area contributed by atoms with Gasteiger partial charge in [-0.3, -0.25) is 9.80 Å². The van der Waals surface area contributed by atoms with Crippen LogP contribution in [-0.2, 0) is 15.4 Å². The fraction of sp³-hybridized carbons (Fsp3) is 0.308. The van der Waals surface area contributed by atoms with Crippen LogP contribution in [0.1, 0.15) is 33.4 Å². The summed E-state index contributed by atoms with van der Waals surface area (Å²) in [6, 6.07) is 27.0. The van der Waals surface area contributed by atoms with Crippen LogP contribution in [0.15, 0.2) is 72.8 Å². The normalized spacial score (nSPS) is 34.8. The molecule has 2 unspecified atom stereocenters. The molecule has 0 aliphatic heterocycles. The highest BCUT2D eigenvalue weighted by Gasteiger charge is 2.86. The predicted octanol–water partition coefficient (Wildman–Crippen LogP) is 5.41. The SMILES string of the molecule is CN(C)[C@]12c3ccccc3C3(Br)c4ccccc4[C@](N(C)C)(c4ccccc41)C32Br. The molecule has 0 N–H and O–H groups in total. The maximum absolute atomic E-state index is 4.55. The maximum Gasteiger partial charge on any atom is 0.103 e. The van der Waals surface area contributed by atoms with E-state index in [1.807, 2.05) is 0 Å². The summed E-state index contributed by atoms with van der Waals surface area (Å²) in [5.74, 6) is 0. The van der Waals surface area contributed by atoms with E-state index in [4.69, 9.17) is 0 Å². The summed E-state index contributed by atoms with van der Waals surface area (Å²) in [5.41, 5.74) is 7.51. The molecule has 3 aliphatic carbocycles. The Labute approximate surface area is 195 Å². The molecular weight excluding hydrogens is 500 g/mol. The molecule has 4 heteroatoms. The van der Waals surface area contributed by atoms with Gasteiger partial charge in [0, 0.05) is 0 Å². The summed E-state index contributed by atoms with van der Waals surface area (Å²) in [7, 11) is 8.90. The minimum Gasteiger partial charge on any atom is -0.295 e. The first-order valence-corrected chi connectivity index (χ1v) is 11.9. The molecule has 3 aliphatic rings. The van der Waals surface area contributed by atoms with Crippen molar-refractivity contribution in [2.75, 3.05) is 28.2 Å². The van der Waals surface area contributed by atoms with Crippen LogP contribution in [0.3, 0.4) is 0 Å². The molecular formula is C26H24Br2N2. The van der Waals surface area contributed by atoms with Crippen molar-refractivity contribution in [2.45, 2.75) is 19.7 Å². The van der Waals surface area contributed by atoms with Gasteiger partial charge in [0.15, 0.2) is 0 Å². The third kappa shape index (κ3) is 1.53. The molecule has 152 valence electrons. The number of alkyl halides is 2. The van der Waals surface area contributed by atoms with Crippen LogP contribution in [0, 0.1) is 0 Å². The molecule has 0 radical (unpaired) electrons. The van der Waals surface area contributed by atoms with Gasteiger partial charge in [0.2, 0.25) is 0 Å². The van der Waals surface area contributed by atoms with Crippen molar-refractivity contribution in [3.05, 3.63) is 106 Å². The molecule has 6 rings (SSSR count). The van der Waals surface area contributed by atoms with Crippen molar-refractivity contribution in [2.24, 2.45) is 0 Å². The first-order chi connectivity index (χ1) is 14.3. The van der Waals surface area contributed by atoms with E-state index in [9.17, 15) is 0 Å². The molecule has 0 saturated carbocycles. The molecule has 3 aromatic carbocycles. The first kappa shape index (κ1) is 19.2. The second-order valence-electron chi connectivity index (χ2n) is 9.16. The average Bonchev–Trinajstić information content (AvgIpc) is 3.16. The quantitative estimate of drug-likeness (QED) is 0.414. The van der Waals surface area contributed by atoms with E-state index >= 15 is 0 Å². The Bertz CT molecular complexity index is 1130. The Morgan fingerprint density at radius 1 is 0.500 bits per heavy atom. The maximum atomic E-state index is 4.55. The topological polar surface area (TPSA) is 6.48 Å². The zero-order valence-electron chi connectivity index (χ0n) is 17.6. The van der Waals surface area contributed by atoms with Crippen LogP contribution in [0.5, 0.6) is 0 Å². The predicted molar refractivity (Wildman–Crippen MR) is 130 cm³/mol. The van der Waals surface area contributed by atoms with Gasteiger partial charge in [-0.15, -0.1) is 0 Å². The number of rotatable bonds is 2. The van der Waals surface area contributed by atoms with Crippen molar-refractivity contribution in [3.63, 3.8) is 0 Å². The molecule has 0 saturated heterocycles. The summed E-state index contributed by atoms with van der Waals surface area (Å²) >= 11 is 8.96. The van der Waals surface area contributed by atoms with Crippen LogP contribution >= 0.6 is 31.9 Å². The lowest BCUT2D eigenvalue weighted by Crippen LogP contribution is -2.65. The van der Waals surface area contributed by atoms with Gasteiger partial charge >= 0.3 is 0 Å². The monoisotopic (exact) mass is 522 g/mol. The van der Waals surface area contributed by atoms with Gasteiger partial charge in [-0.25, -0.2) is 0 Å². The molecule has 4 atom stereocenters. The lowest BCUT2D eigenvalue weighted by molar-refractivity contribution is 0.0790. The fourth-order valence-electron chi connectivity index (χ4n) is 7.20. The third-order valence-electron chi connectivity index (χ3n) is 7.90. The highest BCUT2D eigenvalue weighted by molar-refractivity contribution is 9.12. The fourth-order valence-corrected chi connectivity index (χ4v) is 10.5. The van der Waals surface area contributed by atoms with Gasteiger partial charge in [-0.1, -0.05) is 105 Å². The molecule has 0 spiro atoms. The largest absolute Gasteiger partial charge is 0.295 e. The van der Waals surface area contributed by atoms with Crippen molar-refractivity contribution in [1.82, 2.24) is 9.80 Å². The highest BCUT2D eigenvalue weighted by atomic mass is 79.9.